The van der Waals surface area contributed by atoms with E-state index in [1.807, 2.05) is 30.4 Å². The zero-order valence-electron chi connectivity index (χ0n) is 13.1. The summed E-state index contributed by atoms with van der Waals surface area (Å²) in [7, 11) is 3.97. The summed E-state index contributed by atoms with van der Waals surface area (Å²) in [6.45, 7) is 6.27. The summed E-state index contributed by atoms with van der Waals surface area (Å²) in [4.78, 5) is 0. The third-order valence-electron chi connectivity index (χ3n) is 3.99. The number of aromatic nitrogens is 4. The Labute approximate surface area is 120 Å². The Morgan fingerprint density at radius 1 is 1.15 bits per heavy atom. The molecule has 0 radical (unpaired) electrons. The van der Waals surface area contributed by atoms with Gasteiger partial charge in [-0.05, 0) is 38.3 Å². The molecule has 0 aromatic carbocycles. The normalized spacial score (nSPS) is 12.9. The lowest BCUT2D eigenvalue weighted by Gasteiger charge is -2.12. The van der Waals surface area contributed by atoms with Crippen LogP contribution < -0.4 is 5.73 Å². The number of nitrogens with zero attached hydrogens (tertiary/aromatic N) is 4. The van der Waals surface area contributed by atoms with Crippen molar-refractivity contribution >= 4 is 0 Å². The molecule has 1 atom stereocenters. The molecule has 2 aromatic rings. The number of rotatable bonds is 5. The quantitative estimate of drug-likeness (QED) is 0.898. The van der Waals surface area contributed by atoms with Crippen molar-refractivity contribution in [1.82, 2.24) is 19.6 Å². The maximum atomic E-state index is 6.33. The summed E-state index contributed by atoms with van der Waals surface area (Å²) < 4.78 is 3.87. The van der Waals surface area contributed by atoms with E-state index in [1.54, 1.807) is 0 Å². The number of hydrogen-bond donors (Lipinski definition) is 1. The van der Waals surface area contributed by atoms with E-state index < -0.39 is 0 Å². The Hall–Kier alpha value is -1.62. The molecular formula is C15H25N5. The van der Waals surface area contributed by atoms with Crippen LogP contribution in [0.4, 0.5) is 0 Å². The molecule has 0 fully saturated rings. The van der Waals surface area contributed by atoms with E-state index in [0.29, 0.717) is 0 Å². The molecule has 0 aliphatic heterocycles. The molecule has 0 saturated carbocycles. The summed E-state index contributed by atoms with van der Waals surface area (Å²) in [5, 5.41) is 8.92. The number of hydrogen-bond acceptors (Lipinski definition) is 3. The van der Waals surface area contributed by atoms with Gasteiger partial charge in [-0.15, -0.1) is 0 Å². The fraction of sp³-hybridized carbons (Fsp3) is 0.600. The van der Waals surface area contributed by atoms with Crippen LogP contribution in [-0.2, 0) is 33.4 Å². The summed E-state index contributed by atoms with van der Waals surface area (Å²) in [5.74, 6) is 0. The van der Waals surface area contributed by atoms with Crippen LogP contribution in [0.15, 0.2) is 6.07 Å². The van der Waals surface area contributed by atoms with Gasteiger partial charge in [0.05, 0.1) is 11.4 Å². The van der Waals surface area contributed by atoms with E-state index in [9.17, 15) is 0 Å². The molecule has 2 rings (SSSR count). The monoisotopic (exact) mass is 275 g/mol. The topological polar surface area (TPSA) is 61.7 Å². The molecule has 110 valence electrons. The first-order chi connectivity index (χ1) is 9.42. The molecule has 20 heavy (non-hydrogen) atoms. The highest BCUT2D eigenvalue weighted by atomic mass is 15.3. The Morgan fingerprint density at radius 3 is 2.35 bits per heavy atom. The number of nitrogens with two attached hydrogens (primary N) is 1. The van der Waals surface area contributed by atoms with Gasteiger partial charge in [-0.1, -0.05) is 6.92 Å². The average Bonchev–Trinajstić information content (AvgIpc) is 2.85. The summed E-state index contributed by atoms with van der Waals surface area (Å²) in [6.07, 6.45) is 2.67. The average molecular weight is 275 g/mol. The Bertz CT molecular complexity index is 594. The predicted octanol–water partition coefficient (Wildman–Crippen LogP) is 1.45. The largest absolute Gasteiger partial charge is 0.327 e. The summed E-state index contributed by atoms with van der Waals surface area (Å²) >= 11 is 0. The SMILES string of the molecule is CCc1cc(CC(N)Cc2c(C)nn(C)c2C)n(C)n1. The summed E-state index contributed by atoms with van der Waals surface area (Å²) in [6, 6.07) is 2.25. The van der Waals surface area contributed by atoms with E-state index in [-0.39, 0.29) is 6.04 Å². The van der Waals surface area contributed by atoms with Crippen LogP contribution in [0.5, 0.6) is 0 Å². The molecule has 0 saturated heterocycles. The van der Waals surface area contributed by atoms with Crippen LogP contribution in [0.2, 0.25) is 0 Å². The van der Waals surface area contributed by atoms with E-state index in [2.05, 4.69) is 30.1 Å². The van der Waals surface area contributed by atoms with Gasteiger partial charge in [-0.3, -0.25) is 9.36 Å². The lowest BCUT2D eigenvalue weighted by Crippen LogP contribution is -2.27. The highest BCUT2D eigenvalue weighted by molar-refractivity contribution is 5.25. The highest BCUT2D eigenvalue weighted by Gasteiger charge is 2.15. The van der Waals surface area contributed by atoms with Crippen LogP contribution >= 0.6 is 0 Å². The summed E-state index contributed by atoms with van der Waals surface area (Å²) in [5.41, 5.74) is 12.2. The van der Waals surface area contributed by atoms with E-state index in [0.717, 1.165) is 30.7 Å². The minimum atomic E-state index is 0.0942. The Morgan fingerprint density at radius 2 is 1.85 bits per heavy atom. The van der Waals surface area contributed by atoms with Crippen LogP contribution in [0.25, 0.3) is 0 Å². The van der Waals surface area contributed by atoms with Crippen LogP contribution in [0.3, 0.4) is 0 Å². The minimum absolute atomic E-state index is 0.0942. The van der Waals surface area contributed by atoms with Crippen LogP contribution in [0.1, 0.15) is 35.3 Å². The molecule has 1 unspecified atom stereocenters. The van der Waals surface area contributed by atoms with Crippen molar-refractivity contribution in [1.29, 1.82) is 0 Å². The molecule has 0 bridgehead atoms. The minimum Gasteiger partial charge on any atom is -0.327 e. The van der Waals surface area contributed by atoms with Gasteiger partial charge < -0.3 is 5.73 Å². The first-order valence-electron chi connectivity index (χ1n) is 7.18. The van der Waals surface area contributed by atoms with Gasteiger partial charge in [0, 0.05) is 37.9 Å². The van der Waals surface area contributed by atoms with Gasteiger partial charge in [-0.25, -0.2) is 0 Å². The molecule has 5 nitrogen and oxygen atoms in total. The van der Waals surface area contributed by atoms with E-state index >= 15 is 0 Å². The molecule has 2 heterocycles. The zero-order valence-corrected chi connectivity index (χ0v) is 13.1. The first kappa shape index (κ1) is 14.8. The van der Waals surface area contributed by atoms with E-state index in [4.69, 9.17) is 5.73 Å². The maximum absolute atomic E-state index is 6.33. The second kappa shape index (κ2) is 5.79. The van der Waals surface area contributed by atoms with Crippen molar-refractivity contribution in [3.05, 3.63) is 34.4 Å². The van der Waals surface area contributed by atoms with Gasteiger partial charge in [0.1, 0.15) is 0 Å². The zero-order chi connectivity index (χ0) is 14.9. The molecule has 5 heteroatoms. The van der Waals surface area contributed by atoms with Gasteiger partial charge in [0.25, 0.3) is 0 Å². The second-order valence-electron chi connectivity index (χ2n) is 5.55. The Kier molecular flexibility index (Phi) is 4.28. The van der Waals surface area contributed by atoms with Crippen LogP contribution in [0, 0.1) is 13.8 Å². The molecule has 0 aliphatic rings. The van der Waals surface area contributed by atoms with Crippen molar-refractivity contribution in [3.63, 3.8) is 0 Å². The molecular weight excluding hydrogens is 250 g/mol. The second-order valence-corrected chi connectivity index (χ2v) is 5.55. The first-order valence-corrected chi connectivity index (χ1v) is 7.18. The van der Waals surface area contributed by atoms with Crippen molar-refractivity contribution in [3.8, 4) is 0 Å². The van der Waals surface area contributed by atoms with E-state index in [1.165, 1.54) is 17.0 Å². The van der Waals surface area contributed by atoms with Crippen LogP contribution in [-0.4, -0.2) is 25.6 Å². The molecule has 0 aliphatic carbocycles. The third-order valence-corrected chi connectivity index (χ3v) is 3.99. The highest BCUT2D eigenvalue weighted by Crippen LogP contribution is 2.15. The molecule has 2 N–H and O–H groups in total. The Balaban J connectivity index is 2.08. The third kappa shape index (κ3) is 2.93. The fourth-order valence-corrected chi connectivity index (χ4v) is 2.65. The lowest BCUT2D eigenvalue weighted by molar-refractivity contribution is 0.609. The van der Waals surface area contributed by atoms with Crippen molar-refractivity contribution < 1.29 is 0 Å². The van der Waals surface area contributed by atoms with Gasteiger partial charge in [0.15, 0.2) is 0 Å². The van der Waals surface area contributed by atoms with Crippen molar-refractivity contribution in [2.24, 2.45) is 19.8 Å². The smallest absolute Gasteiger partial charge is 0.0628 e. The van der Waals surface area contributed by atoms with Crippen molar-refractivity contribution in [2.75, 3.05) is 0 Å². The van der Waals surface area contributed by atoms with Gasteiger partial charge in [0.2, 0.25) is 0 Å². The van der Waals surface area contributed by atoms with Gasteiger partial charge >= 0.3 is 0 Å². The number of aryl methyl sites for hydroxylation is 4. The maximum Gasteiger partial charge on any atom is 0.0628 e. The van der Waals surface area contributed by atoms with Crippen molar-refractivity contribution in [2.45, 2.75) is 46.1 Å². The molecule has 0 spiro atoms. The molecule has 0 amide bonds. The van der Waals surface area contributed by atoms with Gasteiger partial charge in [-0.2, -0.15) is 10.2 Å². The predicted molar refractivity (Wildman–Crippen MR) is 80.7 cm³/mol. The lowest BCUT2D eigenvalue weighted by atomic mass is 10.0. The molecule has 2 aromatic heterocycles. The fourth-order valence-electron chi connectivity index (χ4n) is 2.65. The standard InChI is InChI=1S/C15H25N5/c1-6-13-9-14(20(5)18-13)7-12(16)8-15-10(2)17-19(4)11(15)3/h9,12H,6-8,16H2,1-5H3.